The first kappa shape index (κ1) is 15.5. The van der Waals surface area contributed by atoms with Crippen molar-refractivity contribution in [1.29, 1.82) is 0 Å². The molecule has 0 saturated heterocycles. The van der Waals surface area contributed by atoms with Gasteiger partial charge < -0.3 is 10.4 Å². The third kappa shape index (κ3) is 4.03. The van der Waals surface area contributed by atoms with Crippen LogP contribution in [-0.2, 0) is 16.0 Å². The lowest BCUT2D eigenvalue weighted by molar-refractivity contribution is -0.136. The zero-order valence-corrected chi connectivity index (χ0v) is 12.7. The van der Waals surface area contributed by atoms with Gasteiger partial charge in [0, 0.05) is 5.38 Å². The topological polar surface area (TPSA) is 79.3 Å². The summed E-state index contributed by atoms with van der Waals surface area (Å²) < 4.78 is 0. The van der Waals surface area contributed by atoms with E-state index in [0.717, 1.165) is 0 Å². The number of anilines is 1. The minimum Gasteiger partial charge on any atom is -0.481 e. The first-order chi connectivity index (χ1) is 9.97. The molecule has 1 heterocycles. The van der Waals surface area contributed by atoms with Crippen LogP contribution in [0.2, 0.25) is 5.02 Å². The molecule has 0 aliphatic rings. The lowest BCUT2D eigenvalue weighted by Crippen LogP contribution is -2.19. The molecule has 0 aliphatic heterocycles. The van der Waals surface area contributed by atoms with E-state index >= 15 is 0 Å². The van der Waals surface area contributed by atoms with Crippen LogP contribution >= 0.6 is 22.9 Å². The van der Waals surface area contributed by atoms with E-state index in [-0.39, 0.29) is 12.3 Å². The Morgan fingerprint density at radius 2 is 2.14 bits per heavy atom. The Balaban J connectivity index is 2.07. The number of benzene rings is 1. The summed E-state index contributed by atoms with van der Waals surface area (Å²) in [5.74, 6) is -1.66. The van der Waals surface area contributed by atoms with Gasteiger partial charge in [-0.1, -0.05) is 23.7 Å². The van der Waals surface area contributed by atoms with E-state index in [0.29, 0.717) is 21.4 Å². The van der Waals surface area contributed by atoms with Crippen LogP contribution in [0, 0.1) is 0 Å². The van der Waals surface area contributed by atoms with Gasteiger partial charge in [0.25, 0.3) is 0 Å². The third-order valence-corrected chi connectivity index (χ3v) is 4.20. The van der Waals surface area contributed by atoms with Crippen molar-refractivity contribution in [3.05, 3.63) is 45.4 Å². The maximum absolute atomic E-state index is 12.2. The molecule has 0 fully saturated rings. The summed E-state index contributed by atoms with van der Waals surface area (Å²) in [6, 6.07) is 6.96. The van der Waals surface area contributed by atoms with Crippen molar-refractivity contribution in [3.63, 3.8) is 0 Å². The number of para-hydroxylation sites is 1. The number of aliphatic carboxylic acids is 1. The van der Waals surface area contributed by atoms with Gasteiger partial charge in [-0.05, 0) is 19.1 Å². The lowest BCUT2D eigenvalue weighted by atomic mass is 10.1. The number of nitrogens with one attached hydrogen (secondary N) is 1. The Hall–Kier alpha value is -1.92. The van der Waals surface area contributed by atoms with Gasteiger partial charge in [0.05, 0.1) is 28.7 Å². The Labute approximate surface area is 130 Å². The van der Waals surface area contributed by atoms with Crippen LogP contribution in [0.5, 0.6) is 0 Å². The maximum Gasteiger partial charge on any atom is 0.309 e. The number of carbonyl (C=O) groups excluding carboxylic acids is 1. The molecule has 0 spiro atoms. The van der Waals surface area contributed by atoms with Crippen LogP contribution in [0.4, 0.5) is 5.69 Å². The molecule has 0 aliphatic carbocycles. The fourth-order valence-corrected chi connectivity index (χ4v) is 2.73. The number of halogens is 1. The van der Waals surface area contributed by atoms with Crippen molar-refractivity contribution >= 4 is 40.5 Å². The molecule has 1 aromatic carbocycles. The molecule has 2 N–H and O–H groups in total. The number of carboxylic acids is 1. The fraction of sp³-hybridized carbons (Fsp3) is 0.214. The number of carboxylic acid groups (broad SMARTS) is 1. The van der Waals surface area contributed by atoms with Crippen molar-refractivity contribution in [2.45, 2.75) is 19.3 Å². The standard InChI is InChI=1S/C14H13ClN2O3S/c1-8(14-16-9(7-21-14)6-12(18)19)13(20)17-11-5-3-2-4-10(11)15/h2-5,7-8H,6H2,1H3,(H,17,20)(H,18,19)/t8-/m1/s1. The molecule has 0 radical (unpaired) electrons. The lowest BCUT2D eigenvalue weighted by Gasteiger charge is -2.10. The number of hydrogen-bond donors (Lipinski definition) is 2. The summed E-state index contributed by atoms with van der Waals surface area (Å²) in [5, 5.41) is 14.2. The van der Waals surface area contributed by atoms with Gasteiger partial charge >= 0.3 is 5.97 Å². The molecular formula is C14H13ClN2O3S. The van der Waals surface area contributed by atoms with E-state index in [1.807, 2.05) is 0 Å². The van der Waals surface area contributed by atoms with Gasteiger partial charge in [0.15, 0.2) is 0 Å². The Morgan fingerprint density at radius 1 is 1.43 bits per heavy atom. The van der Waals surface area contributed by atoms with Gasteiger partial charge in [-0.3, -0.25) is 9.59 Å². The molecule has 0 bridgehead atoms. The molecule has 5 nitrogen and oxygen atoms in total. The second kappa shape index (κ2) is 6.69. The van der Waals surface area contributed by atoms with Crippen molar-refractivity contribution in [1.82, 2.24) is 4.98 Å². The third-order valence-electron chi connectivity index (χ3n) is 2.80. The average molecular weight is 325 g/mol. The highest BCUT2D eigenvalue weighted by Gasteiger charge is 2.20. The van der Waals surface area contributed by atoms with E-state index in [1.165, 1.54) is 11.3 Å². The van der Waals surface area contributed by atoms with Gasteiger partial charge in [0.1, 0.15) is 5.01 Å². The largest absolute Gasteiger partial charge is 0.481 e. The van der Waals surface area contributed by atoms with Crippen LogP contribution in [0.3, 0.4) is 0 Å². The summed E-state index contributed by atoms with van der Waals surface area (Å²) in [6.07, 6.45) is -0.143. The quantitative estimate of drug-likeness (QED) is 0.885. The van der Waals surface area contributed by atoms with Crippen LogP contribution in [0.15, 0.2) is 29.6 Å². The fourth-order valence-electron chi connectivity index (χ4n) is 1.67. The van der Waals surface area contributed by atoms with Crippen LogP contribution in [0.25, 0.3) is 0 Å². The highest BCUT2D eigenvalue weighted by molar-refractivity contribution is 7.09. The average Bonchev–Trinajstić information content (AvgIpc) is 2.88. The highest BCUT2D eigenvalue weighted by atomic mass is 35.5. The first-order valence-electron chi connectivity index (χ1n) is 6.19. The number of amides is 1. The Morgan fingerprint density at radius 3 is 2.81 bits per heavy atom. The molecule has 110 valence electrons. The predicted octanol–water partition coefficient (Wildman–Crippen LogP) is 3.17. The van der Waals surface area contributed by atoms with Crippen LogP contribution in [0.1, 0.15) is 23.5 Å². The summed E-state index contributed by atoms with van der Waals surface area (Å²) >= 11 is 7.26. The first-order valence-corrected chi connectivity index (χ1v) is 7.44. The molecule has 1 amide bonds. The van der Waals surface area contributed by atoms with Crippen molar-refractivity contribution in [2.24, 2.45) is 0 Å². The highest BCUT2D eigenvalue weighted by Crippen LogP contribution is 2.25. The van der Waals surface area contributed by atoms with E-state index in [9.17, 15) is 9.59 Å². The number of nitrogens with zero attached hydrogens (tertiary/aromatic N) is 1. The van der Waals surface area contributed by atoms with Crippen LogP contribution in [-0.4, -0.2) is 22.0 Å². The zero-order chi connectivity index (χ0) is 15.4. The van der Waals surface area contributed by atoms with E-state index in [1.54, 1.807) is 36.6 Å². The number of aromatic nitrogens is 1. The molecular weight excluding hydrogens is 312 g/mol. The van der Waals surface area contributed by atoms with Gasteiger partial charge in [0.2, 0.25) is 5.91 Å². The van der Waals surface area contributed by atoms with Crippen LogP contribution < -0.4 is 5.32 Å². The minimum absolute atomic E-state index is 0.143. The van der Waals surface area contributed by atoms with Crippen molar-refractivity contribution in [3.8, 4) is 0 Å². The normalized spacial score (nSPS) is 11.9. The summed E-state index contributed by atoms with van der Waals surface area (Å²) in [6.45, 7) is 1.72. The van der Waals surface area contributed by atoms with Crippen molar-refractivity contribution in [2.75, 3.05) is 5.32 Å². The number of carbonyl (C=O) groups is 2. The van der Waals surface area contributed by atoms with Gasteiger partial charge in [-0.25, -0.2) is 4.98 Å². The molecule has 21 heavy (non-hydrogen) atoms. The summed E-state index contributed by atoms with van der Waals surface area (Å²) in [7, 11) is 0. The number of rotatable bonds is 5. The molecule has 2 rings (SSSR count). The summed E-state index contributed by atoms with van der Waals surface area (Å²) in [5.41, 5.74) is 0.998. The second-order valence-corrected chi connectivity index (χ2v) is 5.74. The number of thiazole rings is 1. The van der Waals surface area contributed by atoms with Gasteiger partial charge in [-0.2, -0.15) is 0 Å². The van der Waals surface area contributed by atoms with Gasteiger partial charge in [-0.15, -0.1) is 11.3 Å². The molecule has 7 heteroatoms. The summed E-state index contributed by atoms with van der Waals surface area (Å²) in [4.78, 5) is 27.0. The zero-order valence-electron chi connectivity index (χ0n) is 11.2. The molecule has 1 aromatic heterocycles. The molecule has 1 atom stereocenters. The van der Waals surface area contributed by atoms with E-state index in [2.05, 4.69) is 10.3 Å². The smallest absolute Gasteiger partial charge is 0.309 e. The van der Waals surface area contributed by atoms with E-state index in [4.69, 9.17) is 16.7 Å². The second-order valence-electron chi connectivity index (χ2n) is 4.44. The molecule has 0 unspecified atom stereocenters. The monoisotopic (exact) mass is 324 g/mol. The predicted molar refractivity (Wildman–Crippen MR) is 82.0 cm³/mol. The molecule has 0 saturated carbocycles. The Kier molecular flexibility index (Phi) is 4.93. The number of hydrogen-bond acceptors (Lipinski definition) is 4. The van der Waals surface area contributed by atoms with E-state index < -0.39 is 11.9 Å². The molecule has 2 aromatic rings. The minimum atomic E-state index is -0.944. The van der Waals surface area contributed by atoms with Crippen molar-refractivity contribution < 1.29 is 14.7 Å². The SMILES string of the molecule is C[C@H](C(=O)Nc1ccccc1Cl)c1nc(CC(=O)O)cs1. The Bertz CT molecular complexity index is 672. The maximum atomic E-state index is 12.2.